The summed E-state index contributed by atoms with van der Waals surface area (Å²) < 4.78 is 3.58. The summed E-state index contributed by atoms with van der Waals surface area (Å²) in [5, 5.41) is 0.351. The standard InChI is InChI=1S/C7H6Br3NO/c1-11-5(6(12)3-8)2-4(9)7(11)10/h2H,3H2,1H3. The number of alkyl halides is 1. The summed E-state index contributed by atoms with van der Waals surface area (Å²) in [5.74, 6) is 0.0731. The minimum absolute atomic E-state index is 0.0731. The first-order valence-electron chi connectivity index (χ1n) is 3.17. The number of carbonyl (C=O) groups is 1. The molecule has 1 aromatic heterocycles. The highest BCUT2D eigenvalue weighted by Crippen LogP contribution is 2.26. The van der Waals surface area contributed by atoms with Crippen molar-refractivity contribution in [2.45, 2.75) is 0 Å². The molecule has 1 aromatic rings. The highest BCUT2D eigenvalue weighted by atomic mass is 79.9. The Kier molecular flexibility index (Phi) is 3.55. The molecule has 0 saturated carbocycles. The van der Waals surface area contributed by atoms with Crippen molar-refractivity contribution in [2.75, 3.05) is 5.33 Å². The first kappa shape index (κ1) is 10.5. The molecule has 0 aliphatic rings. The fourth-order valence-corrected chi connectivity index (χ4v) is 1.95. The lowest BCUT2D eigenvalue weighted by atomic mass is 10.3. The number of ketones is 1. The maximum absolute atomic E-state index is 11.3. The largest absolute Gasteiger partial charge is 0.335 e. The van der Waals surface area contributed by atoms with Gasteiger partial charge < -0.3 is 4.57 Å². The SMILES string of the molecule is Cn1c(C(=O)CBr)cc(Br)c1Br. The van der Waals surface area contributed by atoms with Crippen LogP contribution in [0, 0.1) is 0 Å². The van der Waals surface area contributed by atoms with Crippen LogP contribution < -0.4 is 0 Å². The minimum Gasteiger partial charge on any atom is -0.335 e. The molecule has 0 fully saturated rings. The molecule has 0 bridgehead atoms. The monoisotopic (exact) mass is 357 g/mol. The molecule has 0 N–H and O–H groups in total. The lowest BCUT2D eigenvalue weighted by molar-refractivity contribution is 0.101. The molecule has 0 spiro atoms. The molecule has 0 radical (unpaired) electrons. The van der Waals surface area contributed by atoms with Gasteiger partial charge in [-0.1, -0.05) is 15.9 Å². The number of rotatable bonds is 2. The highest BCUT2D eigenvalue weighted by molar-refractivity contribution is 9.13. The van der Waals surface area contributed by atoms with Crippen LogP contribution in [0.25, 0.3) is 0 Å². The van der Waals surface area contributed by atoms with Crippen molar-refractivity contribution < 1.29 is 4.79 Å². The van der Waals surface area contributed by atoms with Crippen LogP contribution in [0.2, 0.25) is 0 Å². The molecule has 5 heteroatoms. The zero-order chi connectivity index (χ0) is 9.30. The smallest absolute Gasteiger partial charge is 0.189 e. The first-order valence-corrected chi connectivity index (χ1v) is 5.88. The molecule has 0 aliphatic heterocycles. The van der Waals surface area contributed by atoms with Gasteiger partial charge in [0.05, 0.1) is 20.1 Å². The van der Waals surface area contributed by atoms with Crippen LogP contribution in [0.3, 0.4) is 0 Å². The van der Waals surface area contributed by atoms with E-state index in [1.165, 1.54) is 0 Å². The summed E-state index contributed by atoms with van der Waals surface area (Å²) in [7, 11) is 1.84. The predicted molar refractivity (Wildman–Crippen MR) is 58.9 cm³/mol. The molecule has 0 atom stereocenters. The normalized spacial score (nSPS) is 10.3. The van der Waals surface area contributed by atoms with Crippen LogP contribution in [-0.2, 0) is 7.05 Å². The van der Waals surface area contributed by atoms with Gasteiger partial charge in [0.15, 0.2) is 5.78 Å². The Hall–Kier alpha value is 0.390. The van der Waals surface area contributed by atoms with Crippen molar-refractivity contribution in [3.05, 3.63) is 20.8 Å². The molecular weight excluding hydrogens is 354 g/mol. The fourth-order valence-electron chi connectivity index (χ4n) is 0.878. The fraction of sp³-hybridized carbons (Fsp3) is 0.286. The van der Waals surface area contributed by atoms with Crippen molar-refractivity contribution >= 4 is 53.6 Å². The van der Waals surface area contributed by atoms with Gasteiger partial charge in [0.25, 0.3) is 0 Å². The Balaban J connectivity index is 3.17. The number of hydrogen-bond donors (Lipinski definition) is 0. The van der Waals surface area contributed by atoms with E-state index in [4.69, 9.17) is 0 Å². The molecule has 0 amide bonds. The van der Waals surface area contributed by atoms with Crippen molar-refractivity contribution in [1.29, 1.82) is 0 Å². The number of hydrogen-bond acceptors (Lipinski definition) is 1. The van der Waals surface area contributed by atoms with E-state index < -0.39 is 0 Å². The van der Waals surface area contributed by atoms with E-state index in [-0.39, 0.29) is 5.78 Å². The molecule has 0 aromatic carbocycles. The Morgan fingerprint density at radius 2 is 2.17 bits per heavy atom. The Morgan fingerprint density at radius 3 is 2.50 bits per heavy atom. The Bertz CT molecular complexity index is 319. The van der Waals surface area contributed by atoms with Crippen molar-refractivity contribution in [2.24, 2.45) is 7.05 Å². The second-order valence-electron chi connectivity index (χ2n) is 2.28. The number of nitrogens with zero attached hydrogens (tertiary/aromatic N) is 1. The van der Waals surface area contributed by atoms with Gasteiger partial charge >= 0.3 is 0 Å². The summed E-state index contributed by atoms with van der Waals surface area (Å²) in [6.45, 7) is 0. The summed E-state index contributed by atoms with van der Waals surface area (Å²) in [5.41, 5.74) is 0.686. The van der Waals surface area contributed by atoms with Crippen LogP contribution in [-0.4, -0.2) is 15.7 Å². The second-order valence-corrected chi connectivity index (χ2v) is 4.45. The van der Waals surface area contributed by atoms with Crippen molar-refractivity contribution in [1.82, 2.24) is 4.57 Å². The summed E-state index contributed by atoms with van der Waals surface area (Å²) in [6, 6.07) is 1.80. The second kappa shape index (κ2) is 4.07. The van der Waals surface area contributed by atoms with E-state index >= 15 is 0 Å². The van der Waals surface area contributed by atoms with Crippen molar-refractivity contribution in [3.8, 4) is 0 Å². The molecule has 1 heterocycles. The minimum atomic E-state index is 0.0731. The summed E-state index contributed by atoms with van der Waals surface area (Å²) in [4.78, 5) is 11.3. The molecule has 66 valence electrons. The van der Waals surface area contributed by atoms with Gasteiger partial charge in [0.1, 0.15) is 0 Å². The van der Waals surface area contributed by atoms with Gasteiger partial charge in [-0.2, -0.15) is 0 Å². The van der Waals surface area contributed by atoms with Gasteiger partial charge in [0, 0.05) is 7.05 Å². The number of Topliss-reactive ketones (excluding diaryl/α,β-unsaturated/α-hetero) is 1. The quantitative estimate of drug-likeness (QED) is 0.587. The van der Waals surface area contributed by atoms with Crippen molar-refractivity contribution in [3.63, 3.8) is 0 Å². The van der Waals surface area contributed by atoms with Gasteiger partial charge in [-0.3, -0.25) is 4.79 Å². The molecule has 0 saturated heterocycles. The molecule has 2 nitrogen and oxygen atoms in total. The van der Waals surface area contributed by atoms with Crippen LogP contribution in [0.15, 0.2) is 15.1 Å². The maximum atomic E-state index is 11.3. The maximum Gasteiger partial charge on any atom is 0.189 e. The van der Waals surface area contributed by atoms with Crippen LogP contribution in [0.5, 0.6) is 0 Å². The summed E-state index contributed by atoms with van der Waals surface area (Å²) in [6.07, 6.45) is 0. The molecule has 0 aliphatic carbocycles. The predicted octanol–water partition coefficient (Wildman–Crippen LogP) is 3.13. The van der Waals surface area contributed by atoms with Crippen LogP contribution >= 0.6 is 47.8 Å². The van der Waals surface area contributed by atoms with Gasteiger partial charge in [-0.05, 0) is 37.9 Å². The lowest BCUT2D eigenvalue weighted by Gasteiger charge is -1.99. The molecular formula is C7H6Br3NO. The van der Waals surface area contributed by atoms with Gasteiger partial charge in [0.2, 0.25) is 0 Å². The average Bonchev–Trinajstić information content (AvgIpc) is 2.32. The first-order chi connectivity index (χ1) is 5.57. The van der Waals surface area contributed by atoms with E-state index in [0.29, 0.717) is 11.0 Å². The topological polar surface area (TPSA) is 22.0 Å². The van der Waals surface area contributed by atoms with Crippen LogP contribution in [0.4, 0.5) is 0 Å². The highest BCUT2D eigenvalue weighted by Gasteiger charge is 2.13. The number of halogens is 3. The van der Waals surface area contributed by atoms with Gasteiger partial charge in [-0.15, -0.1) is 0 Å². The number of carbonyl (C=O) groups excluding carboxylic acids is 1. The lowest BCUT2D eigenvalue weighted by Crippen LogP contribution is -2.06. The van der Waals surface area contributed by atoms with Gasteiger partial charge in [-0.25, -0.2) is 0 Å². The van der Waals surface area contributed by atoms with Crippen LogP contribution in [0.1, 0.15) is 10.5 Å². The molecule has 12 heavy (non-hydrogen) atoms. The third-order valence-electron chi connectivity index (χ3n) is 1.52. The zero-order valence-corrected chi connectivity index (χ0v) is 11.0. The average molecular weight is 360 g/mol. The van der Waals surface area contributed by atoms with E-state index in [1.54, 1.807) is 10.6 Å². The van der Waals surface area contributed by atoms with E-state index in [1.807, 2.05) is 7.05 Å². The molecule has 1 rings (SSSR count). The van der Waals surface area contributed by atoms with E-state index in [9.17, 15) is 4.79 Å². The third-order valence-corrected chi connectivity index (χ3v) is 4.13. The summed E-state index contributed by atoms with van der Waals surface area (Å²) >= 11 is 9.80. The van der Waals surface area contributed by atoms with E-state index in [2.05, 4.69) is 47.8 Å². The zero-order valence-electron chi connectivity index (χ0n) is 6.27. The Morgan fingerprint density at radius 1 is 1.58 bits per heavy atom. The third kappa shape index (κ3) is 1.83. The Labute approximate surface area is 95.7 Å². The van der Waals surface area contributed by atoms with E-state index in [0.717, 1.165) is 9.08 Å². The number of aromatic nitrogens is 1. The molecule has 0 unspecified atom stereocenters.